The van der Waals surface area contributed by atoms with E-state index in [4.69, 9.17) is 9.47 Å². The summed E-state index contributed by atoms with van der Waals surface area (Å²) in [6.45, 7) is 0.674. The SMILES string of the molecule is COc1ccccc1CN=C1Nc2ccc([NH+]([O-])[O-])cc2CO1. The van der Waals surface area contributed by atoms with E-state index in [9.17, 15) is 10.4 Å². The molecule has 2 aromatic carbocycles. The zero-order valence-electron chi connectivity index (χ0n) is 12.5. The van der Waals surface area contributed by atoms with Crippen molar-refractivity contribution in [2.75, 3.05) is 12.4 Å². The number of para-hydroxylation sites is 1. The molecule has 0 amide bonds. The predicted molar refractivity (Wildman–Crippen MR) is 86.3 cm³/mol. The number of hydrogen-bond donors (Lipinski definition) is 2. The summed E-state index contributed by atoms with van der Waals surface area (Å²) in [5.41, 5.74) is 2.61. The van der Waals surface area contributed by atoms with Gasteiger partial charge in [-0.1, -0.05) is 18.2 Å². The topological polar surface area (TPSA) is 93.4 Å². The number of aliphatic imine (C=N–C) groups is 1. The summed E-state index contributed by atoms with van der Waals surface area (Å²) in [4.78, 5) is 4.39. The minimum absolute atomic E-state index is 0.128. The maximum atomic E-state index is 10.9. The molecule has 0 aliphatic carbocycles. The van der Waals surface area contributed by atoms with E-state index in [2.05, 4.69) is 10.3 Å². The lowest BCUT2D eigenvalue weighted by molar-refractivity contribution is -0.715. The van der Waals surface area contributed by atoms with E-state index < -0.39 is 5.23 Å². The summed E-state index contributed by atoms with van der Waals surface area (Å²) in [6.07, 6.45) is 0. The van der Waals surface area contributed by atoms with Crippen LogP contribution in [-0.4, -0.2) is 13.1 Å². The van der Waals surface area contributed by atoms with E-state index in [1.165, 1.54) is 12.1 Å². The predicted octanol–water partition coefficient (Wildman–Crippen LogP) is 1.71. The van der Waals surface area contributed by atoms with E-state index in [1.807, 2.05) is 24.3 Å². The van der Waals surface area contributed by atoms with Crippen molar-refractivity contribution >= 4 is 17.4 Å². The number of hydrogen-bond acceptors (Lipinski definition) is 5. The molecule has 0 saturated carbocycles. The second-order valence-corrected chi connectivity index (χ2v) is 5.01. The highest BCUT2D eigenvalue weighted by molar-refractivity contribution is 5.91. The summed E-state index contributed by atoms with van der Waals surface area (Å²) in [5, 5.41) is 23.6. The van der Waals surface area contributed by atoms with Crippen LogP contribution in [0.3, 0.4) is 0 Å². The molecule has 0 unspecified atom stereocenters. The molecule has 1 aliphatic heterocycles. The Morgan fingerprint density at radius 3 is 2.87 bits per heavy atom. The van der Waals surface area contributed by atoms with E-state index in [-0.39, 0.29) is 12.3 Å². The van der Waals surface area contributed by atoms with Gasteiger partial charge < -0.3 is 30.4 Å². The van der Waals surface area contributed by atoms with Gasteiger partial charge in [-0.05, 0) is 12.1 Å². The first-order valence-electron chi connectivity index (χ1n) is 7.08. The number of anilines is 1. The standard InChI is InChI=1S/C16H16N3O4/c1-22-15-5-3-2-4-11(15)9-17-16-18-14-7-6-13(19(20)21)8-12(14)10-23-16/h2-8,19H,9-10H2,1H3,(H,17,18)/q-1. The molecule has 2 aromatic rings. The molecule has 0 atom stereocenters. The molecule has 120 valence electrons. The molecule has 0 radical (unpaired) electrons. The van der Waals surface area contributed by atoms with Crippen LogP contribution in [0, 0.1) is 10.4 Å². The fraction of sp³-hybridized carbons (Fsp3) is 0.188. The Kier molecular flexibility index (Phi) is 4.42. The van der Waals surface area contributed by atoms with E-state index in [0.29, 0.717) is 12.6 Å². The van der Waals surface area contributed by atoms with Crippen molar-refractivity contribution in [2.24, 2.45) is 4.99 Å². The molecule has 0 spiro atoms. The Labute approximate surface area is 133 Å². The van der Waals surface area contributed by atoms with Gasteiger partial charge in [0.2, 0.25) is 0 Å². The zero-order chi connectivity index (χ0) is 16.2. The van der Waals surface area contributed by atoms with Crippen LogP contribution in [0.5, 0.6) is 5.75 Å². The van der Waals surface area contributed by atoms with Gasteiger partial charge in [-0.3, -0.25) is 0 Å². The van der Waals surface area contributed by atoms with Crippen LogP contribution in [0.1, 0.15) is 11.1 Å². The number of nitrogens with zero attached hydrogens (tertiary/aromatic N) is 1. The van der Waals surface area contributed by atoms with Crippen LogP contribution in [0.15, 0.2) is 47.5 Å². The van der Waals surface area contributed by atoms with Crippen molar-refractivity contribution in [3.8, 4) is 5.75 Å². The van der Waals surface area contributed by atoms with Crippen LogP contribution in [0.2, 0.25) is 0 Å². The van der Waals surface area contributed by atoms with E-state index >= 15 is 0 Å². The molecule has 23 heavy (non-hydrogen) atoms. The Bertz CT molecular complexity index is 731. The molecule has 3 rings (SSSR count). The molecular weight excluding hydrogens is 298 g/mol. The lowest BCUT2D eigenvalue weighted by Crippen LogP contribution is -2.96. The summed E-state index contributed by atoms with van der Waals surface area (Å²) in [5.74, 6) is 0.770. The maximum absolute atomic E-state index is 10.9. The summed E-state index contributed by atoms with van der Waals surface area (Å²) >= 11 is 0. The Morgan fingerprint density at radius 2 is 2.09 bits per heavy atom. The number of rotatable bonds is 4. The van der Waals surface area contributed by atoms with Crippen molar-refractivity contribution in [3.05, 3.63) is 64.0 Å². The molecule has 0 fully saturated rings. The first-order valence-corrected chi connectivity index (χ1v) is 7.08. The largest absolute Gasteiger partial charge is 0.628 e. The van der Waals surface area contributed by atoms with Gasteiger partial charge in [0.05, 0.1) is 13.7 Å². The number of quaternary nitrogens is 1. The number of methoxy groups -OCH3 is 1. The molecule has 0 saturated heterocycles. The third-order valence-corrected chi connectivity index (χ3v) is 3.53. The third kappa shape index (κ3) is 3.42. The van der Waals surface area contributed by atoms with Crippen LogP contribution in [-0.2, 0) is 17.9 Å². The van der Waals surface area contributed by atoms with E-state index in [0.717, 1.165) is 22.6 Å². The quantitative estimate of drug-likeness (QED) is 0.838. The Balaban J connectivity index is 1.74. The molecule has 1 heterocycles. The highest BCUT2D eigenvalue weighted by Crippen LogP contribution is 2.24. The van der Waals surface area contributed by atoms with Gasteiger partial charge in [0.25, 0.3) is 6.02 Å². The molecule has 7 nitrogen and oxygen atoms in total. The number of nitrogens with one attached hydrogen (secondary N) is 2. The molecule has 2 N–H and O–H groups in total. The molecular formula is C16H16N3O4-. The van der Waals surface area contributed by atoms with Crippen molar-refractivity contribution < 1.29 is 14.7 Å². The van der Waals surface area contributed by atoms with Gasteiger partial charge in [0.1, 0.15) is 18.0 Å². The highest BCUT2D eigenvalue weighted by Gasteiger charge is 2.15. The fourth-order valence-electron chi connectivity index (χ4n) is 2.34. The molecule has 7 heteroatoms. The molecule has 1 aliphatic rings. The van der Waals surface area contributed by atoms with E-state index in [1.54, 1.807) is 13.2 Å². The third-order valence-electron chi connectivity index (χ3n) is 3.53. The molecule has 0 bridgehead atoms. The lowest BCUT2D eigenvalue weighted by Gasteiger charge is -2.27. The highest BCUT2D eigenvalue weighted by atomic mass is 16.8. The number of benzene rings is 2. The average Bonchev–Trinajstić information content (AvgIpc) is 2.59. The number of fused-ring (bicyclic) bond motifs is 1. The zero-order valence-corrected chi connectivity index (χ0v) is 12.5. The maximum Gasteiger partial charge on any atom is 0.289 e. The van der Waals surface area contributed by atoms with Crippen molar-refractivity contribution in [3.63, 3.8) is 0 Å². The monoisotopic (exact) mass is 314 g/mol. The second-order valence-electron chi connectivity index (χ2n) is 5.01. The minimum Gasteiger partial charge on any atom is -0.628 e. The van der Waals surface area contributed by atoms with Gasteiger partial charge >= 0.3 is 0 Å². The summed E-state index contributed by atoms with van der Waals surface area (Å²) < 4.78 is 10.8. The van der Waals surface area contributed by atoms with Gasteiger partial charge in [-0.15, -0.1) is 0 Å². The average molecular weight is 314 g/mol. The van der Waals surface area contributed by atoms with Crippen LogP contribution < -0.4 is 15.3 Å². The fourth-order valence-corrected chi connectivity index (χ4v) is 2.34. The van der Waals surface area contributed by atoms with Crippen LogP contribution in [0.4, 0.5) is 11.4 Å². The minimum atomic E-state index is -1.21. The van der Waals surface area contributed by atoms with Gasteiger partial charge in [-0.2, -0.15) is 0 Å². The first-order chi connectivity index (χ1) is 11.2. The van der Waals surface area contributed by atoms with Gasteiger partial charge in [-0.25, -0.2) is 4.99 Å². The first kappa shape index (κ1) is 15.3. The Hall–Kier alpha value is -2.61. The normalized spacial score (nSPS) is 15.0. The molecule has 0 aromatic heterocycles. The van der Waals surface area contributed by atoms with Crippen LogP contribution >= 0.6 is 0 Å². The van der Waals surface area contributed by atoms with Crippen molar-refractivity contribution in [1.82, 2.24) is 0 Å². The summed E-state index contributed by atoms with van der Waals surface area (Å²) in [6, 6.07) is 12.7. The number of amidine groups is 1. The Morgan fingerprint density at radius 1 is 1.26 bits per heavy atom. The van der Waals surface area contributed by atoms with Crippen molar-refractivity contribution in [2.45, 2.75) is 13.2 Å². The van der Waals surface area contributed by atoms with Gasteiger partial charge in [0, 0.05) is 28.9 Å². The number of ether oxygens (including phenoxy) is 2. The second kappa shape index (κ2) is 6.66. The lowest BCUT2D eigenvalue weighted by atomic mass is 10.1. The summed E-state index contributed by atoms with van der Waals surface area (Å²) in [7, 11) is 1.62. The smallest absolute Gasteiger partial charge is 0.289 e. The van der Waals surface area contributed by atoms with Gasteiger partial charge in [0.15, 0.2) is 0 Å². The van der Waals surface area contributed by atoms with Crippen LogP contribution in [0.25, 0.3) is 0 Å². The van der Waals surface area contributed by atoms with Crippen molar-refractivity contribution in [1.29, 1.82) is 0 Å².